The molecule has 0 spiro atoms. The molecule has 188 valence electrons. The molecule has 0 unspecified atom stereocenters. The molecule has 0 radical (unpaired) electrons. The van der Waals surface area contributed by atoms with E-state index in [2.05, 4.69) is 0 Å². The second-order valence-corrected chi connectivity index (χ2v) is 8.76. The Bertz CT molecular complexity index is 1060. The summed E-state index contributed by atoms with van der Waals surface area (Å²) in [6, 6.07) is 0.930. The Morgan fingerprint density at radius 1 is 1.21 bits per heavy atom. The number of allylic oxidation sites excluding steroid dienone is 1. The number of halogens is 1. The zero-order chi connectivity index (χ0) is 25.0. The zero-order valence-corrected chi connectivity index (χ0v) is 19.0. The number of carbonyl (C=O) groups is 2. The van der Waals surface area contributed by atoms with Crippen molar-refractivity contribution in [3.8, 4) is 0 Å². The van der Waals surface area contributed by atoms with Gasteiger partial charge < -0.3 is 24.4 Å². The van der Waals surface area contributed by atoms with Gasteiger partial charge in [0.25, 0.3) is 11.4 Å². The number of aliphatic hydroxyl groups is 2. The third-order valence-electron chi connectivity index (χ3n) is 5.84. The fraction of sp³-hybridized carbons (Fsp3) is 0.636. The van der Waals surface area contributed by atoms with Gasteiger partial charge in [0.15, 0.2) is 19.6 Å². The van der Waals surface area contributed by atoms with Gasteiger partial charge in [-0.3, -0.25) is 14.2 Å². The molecule has 12 heteroatoms. The maximum atomic E-state index is 15.3. The van der Waals surface area contributed by atoms with Crippen LogP contribution in [0.25, 0.3) is 0 Å². The van der Waals surface area contributed by atoms with Crippen LogP contribution in [0.5, 0.6) is 0 Å². The average Bonchev–Trinajstić information content (AvgIpc) is 3.02. The van der Waals surface area contributed by atoms with Gasteiger partial charge >= 0.3 is 17.6 Å². The van der Waals surface area contributed by atoms with Crippen molar-refractivity contribution < 1.29 is 38.4 Å². The van der Waals surface area contributed by atoms with Gasteiger partial charge in [0.05, 0.1) is 5.92 Å². The highest BCUT2D eigenvalue weighted by atomic mass is 19.2. The molecule has 11 nitrogen and oxygen atoms in total. The van der Waals surface area contributed by atoms with Gasteiger partial charge in [-0.25, -0.2) is 18.5 Å². The van der Waals surface area contributed by atoms with Crippen LogP contribution >= 0.6 is 0 Å². The number of alkyl halides is 1. The van der Waals surface area contributed by atoms with Crippen LogP contribution in [0.2, 0.25) is 0 Å². The fourth-order valence-corrected chi connectivity index (χ4v) is 3.97. The number of hydrogen-bond acceptors (Lipinski definition) is 9. The van der Waals surface area contributed by atoms with E-state index in [1.54, 1.807) is 13.8 Å². The van der Waals surface area contributed by atoms with E-state index in [9.17, 15) is 29.4 Å². The molecule has 1 saturated carbocycles. The van der Waals surface area contributed by atoms with Crippen LogP contribution in [-0.2, 0) is 30.5 Å². The van der Waals surface area contributed by atoms with Crippen LogP contribution in [0, 0.1) is 5.92 Å². The number of rotatable bonds is 7. The Kier molecular flexibility index (Phi) is 8.05. The SMILES string of the molecule is CC(C)=CC(=O)OCn1c(=O)ccn([C@@H]2O[C@](F)(COC(=O)C3CCCCC3)[C@@H](O)[C@H]2O)c1=O. The molecule has 2 heterocycles. The van der Waals surface area contributed by atoms with Crippen LogP contribution in [-0.4, -0.2) is 56.0 Å². The summed E-state index contributed by atoms with van der Waals surface area (Å²) >= 11 is 0. The molecule has 1 aromatic heterocycles. The number of hydrogen-bond donors (Lipinski definition) is 2. The van der Waals surface area contributed by atoms with E-state index in [0.717, 1.165) is 31.5 Å². The minimum atomic E-state index is -2.98. The smallest absolute Gasteiger partial charge is 0.335 e. The Balaban J connectivity index is 1.74. The highest BCUT2D eigenvalue weighted by Crippen LogP contribution is 2.38. The summed E-state index contributed by atoms with van der Waals surface area (Å²) in [5, 5.41) is 20.6. The summed E-state index contributed by atoms with van der Waals surface area (Å²) in [7, 11) is 0. The van der Waals surface area contributed by atoms with Crippen molar-refractivity contribution in [3.63, 3.8) is 0 Å². The molecule has 2 aliphatic rings. The van der Waals surface area contributed by atoms with Gasteiger partial charge in [0.2, 0.25) is 0 Å². The van der Waals surface area contributed by atoms with Crippen molar-refractivity contribution in [1.29, 1.82) is 0 Å². The standard InChI is InChI=1S/C22H29FN2O9/c1-13(2)10-16(27)33-12-25-15(26)8-9-24(21(25)31)19-17(28)18(29)22(23,34-19)11-32-20(30)14-6-4-3-5-7-14/h8-10,14,17-19,28-29H,3-7,11-12H2,1-2H3/t17-,18+,19-,22-/m1/s1. The second-order valence-electron chi connectivity index (χ2n) is 8.76. The average molecular weight is 484 g/mol. The van der Waals surface area contributed by atoms with Crippen LogP contribution in [0.3, 0.4) is 0 Å². The van der Waals surface area contributed by atoms with Crippen LogP contribution in [0.4, 0.5) is 4.39 Å². The highest BCUT2D eigenvalue weighted by molar-refractivity contribution is 5.82. The quantitative estimate of drug-likeness (QED) is 0.418. The molecule has 1 saturated heterocycles. The lowest BCUT2D eigenvalue weighted by atomic mass is 9.89. The summed E-state index contributed by atoms with van der Waals surface area (Å²) in [6.07, 6.45) is 0.321. The van der Waals surface area contributed by atoms with Crippen molar-refractivity contribution in [2.75, 3.05) is 6.61 Å². The monoisotopic (exact) mass is 484 g/mol. The van der Waals surface area contributed by atoms with Crippen LogP contribution < -0.4 is 11.2 Å². The number of aromatic nitrogens is 2. The highest BCUT2D eigenvalue weighted by Gasteiger charge is 2.57. The van der Waals surface area contributed by atoms with Gasteiger partial charge in [-0.15, -0.1) is 0 Å². The summed E-state index contributed by atoms with van der Waals surface area (Å²) in [5.41, 5.74) is -1.24. The molecule has 0 amide bonds. The van der Waals surface area contributed by atoms with Crippen LogP contribution in [0.15, 0.2) is 33.5 Å². The summed E-state index contributed by atoms with van der Waals surface area (Å²) in [4.78, 5) is 48.8. The van der Waals surface area contributed by atoms with E-state index in [0.29, 0.717) is 27.5 Å². The fourth-order valence-electron chi connectivity index (χ4n) is 3.97. The molecule has 34 heavy (non-hydrogen) atoms. The largest absolute Gasteiger partial charge is 0.459 e. The molecule has 1 aliphatic heterocycles. The first-order chi connectivity index (χ1) is 16.0. The van der Waals surface area contributed by atoms with Gasteiger partial charge in [0, 0.05) is 18.3 Å². The Morgan fingerprint density at radius 2 is 1.88 bits per heavy atom. The topological polar surface area (TPSA) is 146 Å². The first-order valence-electron chi connectivity index (χ1n) is 11.1. The zero-order valence-electron chi connectivity index (χ0n) is 19.0. The first-order valence-corrected chi connectivity index (χ1v) is 11.1. The number of aliphatic hydroxyl groups excluding tert-OH is 2. The Morgan fingerprint density at radius 3 is 2.53 bits per heavy atom. The van der Waals surface area contributed by atoms with E-state index >= 15 is 4.39 Å². The van der Waals surface area contributed by atoms with Crippen LogP contribution in [0.1, 0.15) is 52.2 Å². The number of carbonyl (C=O) groups excluding carboxylic acids is 2. The summed E-state index contributed by atoms with van der Waals surface area (Å²) in [6.45, 7) is 1.60. The predicted molar refractivity (Wildman–Crippen MR) is 114 cm³/mol. The van der Waals surface area contributed by atoms with E-state index in [1.165, 1.54) is 6.08 Å². The van der Waals surface area contributed by atoms with Gasteiger partial charge in [0.1, 0.15) is 12.2 Å². The Labute approximate surface area is 194 Å². The molecule has 0 bridgehead atoms. The van der Waals surface area contributed by atoms with Crippen molar-refractivity contribution in [1.82, 2.24) is 9.13 Å². The van der Waals surface area contributed by atoms with Crippen molar-refractivity contribution >= 4 is 11.9 Å². The molecule has 2 N–H and O–H groups in total. The normalized spacial score (nSPS) is 27.3. The van der Waals surface area contributed by atoms with E-state index in [1.807, 2.05) is 0 Å². The molecule has 0 aromatic carbocycles. The van der Waals surface area contributed by atoms with Crippen molar-refractivity contribution in [2.24, 2.45) is 5.92 Å². The number of nitrogens with zero attached hydrogens (tertiary/aromatic N) is 2. The third-order valence-corrected chi connectivity index (χ3v) is 5.84. The third kappa shape index (κ3) is 5.62. The lowest BCUT2D eigenvalue weighted by molar-refractivity contribution is -0.218. The molecule has 4 atom stereocenters. The molecular weight excluding hydrogens is 455 g/mol. The molecule has 1 aromatic rings. The number of ether oxygens (including phenoxy) is 3. The molecule has 1 aliphatic carbocycles. The molecule has 3 rings (SSSR count). The van der Waals surface area contributed by atoms with E-state index < -0.39 is 60.8 Å². The van der Waals surface area contributed by atoms with Crippen molar-refractivity contribution in [3.05, 3.63) is 44.8 Å². The number of esters is 2. The second kappa shape index (κ2) is 10.6. The van der Waals surface area contributed by atoms with Gasteiger partial charge in [-0.1, -0.05) is 24.8 Å². The first kappa shape index (κ1) is 25.8. The maximum absolute atomic E-state index is 15.3. The lowest BCUT2D eigenvalue weighted by Gasteiger charge is -2.25. The summed E-state index contributed by atoms with van der Waals surface area (Å²) in [5.74, 6) is -4.74. The predicted octanol–water partition coefficient (Wildman–Crippen LogP) is 0.517. The Hall–Kier alpha value is -2.83. The minimum absolute atomic E-state index is 0.364. The van der Waals surface area contributed by atoms with Crippen molar-refractivity contribution in [2.45, 2.75) is 77.0 Å². The van der Waals surface area contributed by atoms with Gasteiger partial charge in [-0.05, 0) is 26.7 Å². The van der Waals surface area contributed by atoms with Gasteiger partial charge in [-0.2, -0.15) is 0 Å². The summed E-state index contributed by atoms with van der Waals surface area (Å²) < 4.78 is 31.6. The minimum Gasteiger partial charge on any atom is -0.459 e. The lowest BCUT2D eigenvalue weighted by Crippen LogP contribution is -2.44. The maximum Gasteiger partial charge on any atom is 0.335 e. The van der Waals surface area contributed by atoms with E-state index in [-0.39, 0.29) is 5.92 Å². The molecule has 2 fully saturated rings. The molecular formula is C22H29FN2O9. The van der Waals surface area contributed by atoms with E-state index in [4.69, 9.17) is 14.2 Å².